The van der Waals surface area contributed by atoms with E-state index in [1.807, 2.05) is 0 Å². The van der Waals surface area contributed by atoms with Gasteiger partial charge in [-0.05, 0) is 42.9 Å². The van der Waals surface area contributed by atoms with Gasteiger partial charge in [-0.15, -0.1) is 11.3 Å². The Morgan fingerprint density at radius 3 is 2.87 bits per heavy atom. The first-order chi connectivity index (χ1) is 14.4. The summed E-state index contributed by atoms with van der Waals surface area (Å²) in [6.45, 7) is 2.06. The first-order valence-corrected chi connectivity index (χ1v) is 10.7. The largest absolute Gasteiger partial charge is 0.465 e. The molecule has 1 amide bonds. The molecule has 1 aromatic carbocycles. The molecule has 3 aromatic rings. The normalized spacial score (nSPS) is 15.6. The molecule has 0 aliphatic heterocycles. The van der Waals surface area contributed by atoms with E-state index in [-0.39, 0.29) is 23.6 Å². The zero-order chi connectivity index (χ0) is 21.4. The van der Waals surface area contributed by atoms with Gasteiger partial charge in [-0.1, -0.05) is 19.1 Å². The van der Waals surface area contributed by atoms with Crippen molar-refractivity contribution in [1.82, 2.24) is 9.55 Å². The number of carbonyl (C=O) groups excluding carboxylic acids is 2. The molecule has 8 heteroatoms. The Balaban J connectivity index is 1.65. The Kier molecular flexibility index (Phi) is 5.42. The number of para-hydroxylation sites is 1. The van der Waals surface area contributed by atoms with Crippen molar-refractivity contribution in [2.45, 2.75) is 32.7 Å². The van der Waals surface area contributed by atoms with Crippen molar-refractivity contribution < 1.29 is 14.3 Å². The summed E-state index contributed by atoms with van der Waals surface area (Å²) in [5.41, 5.74) is 1.63. The summed E-state index contributed by atoms with van der Waals surface area (Å²) in [5, 5.41) is 0.648. The molecule has 2 aromatic heterocycles. The Morgan fingerprint density at radius 1 is 1.33 bits per heavy atom. The number of hydrogen-bond acceptors (Lipinski definition) is 6. The number of rotatable bonds is 4. The minimum atomic E-state index is -0.523. The average Bonchev–Trinajstić information content (AvgIpc) is 3.12. The van der Waals surface area contributed by atoms with E-state index in [1.165, 1.54) is 27.8 Å². The Morgan fingerprint density at radius 2 is 2.10 bits per heavy atom. The number of fused-ring (bicyclic) bond motifs is 3. The maximum absolute atomic E-state index is 13.1. The third kappa shape index (κ3) is 3.52. The summed E-state index contributed by atoms with van der Waals surface area (Å²) in [6, 6.07) is 6.72. The molecule has 0 fully saturated rings. The second-order valence-electron chi connectivity index (χ2n) is 7.67. The van der Waals surface area contributed by atoms with Crippen LogP contribution in [0.2, 0.25) is 0 Å². The van der Waals surface area contributed by atoms with Gasteiger partial charge in [0.05, 0.1) is 30.1 Å². The van der Waals surface area contributed by atoms with Gasteiger partial charge < -0.3 is 9.64 Å². The Hall–Kier alpha value is -3.00. The summed E-state index contributed by atoms with van der Waals surface area (Å²) in [4.78, 5) is 45.9. The molecule has 1 aliphatic rings. The van der Waals surface area contributed by atoms with Crippen LogP contribution in [-0.4, -0.2) is 35.6 Å². The Labute approximate surface area is 177 Å². The lowest BCUT2D eigenvalue weighted by molar-refractivity contribution is -0.118. The minimum absolute atomic E-state index is 0.158. The average molecular weight is 426 g/mol. The summed E-state index contributed by atoms with van der Waals surface area (Å²) < 4.78 is 6.16. The molecule has 156 valence electrons. The van der Waals surface area contributed by atoms with Gasteiger partial charge in [0.25, 0.3) is 5.56 Å². The number of anilines is 1. The number of aromatic nitrogens is 2. The van der Waals surface area contributed by atoms with Crippen LogP contribution in [0.3, 0.4) is 0 Å². The highest BCUT2D eigenvalue weighted by molar-refractivity contribution is 7.18. The second kappa shape index (κ2) is 8.02. The molecule has 7 nitrogen and oxygen atoms in total. The summed E-state index contributed by atoms with van der Waals surface area (Å²) in [6.07, 6.45) is 4.34. The van der Waals surface area contributed by atoms with Crippen LogP contribution >= 0.6 is 11.3 Å². The molecule has 1 atom stereocenters. The van der Waals surface area contributed by atoms with Crippen molar-refractivity contribution in [2.75, 3.05) is 19.1 Å². The lowest BCUT2D eigenvalue weighted by Crippen LogP contribution is -2.35. The number of amides is 1. The number of thiophene rings is 1. The molecule has 0 N–H and O–H groups in total. The topological polar surface area (TPSA) is 81.5 Å². The summed E-state index contributed by atoms with van der Waals surface area (Å²) in [7, 11) is 2.87. The van der Waals surface area contributed by atoms with Crippen molar-refractivity contribution >= 4 is 39.1 Å². The number of hydrogen-bond donors (Lipinski definition) is 0. The van der Waals surface area contributed by atoms with E-state index in [4.69, 9.17) is 4.74 Å². The SMILES string of the molecule is COC(=O)c1ccccc1N(C)C(=O)Cn1cnc2sc3c(c2c1=O)CCC(C)C3. The fraction of sp³-hybridized carbons (Fsp3) is 0.364. The first-order valence-electron chi connectivity index (χ1n) is 9.84. The third-order valence-electron chi connectivity index (χ3n) is 5.63. The van der Waals surface area contributed by atoms with E-state index in [9.17, 15) is 14.4 Å². The third-order valence-corrected chi connectivity index (χ3v) is 6.79. The van der Waals surface area contributed by atoms with Crippen LogP contribution < -0.4 is 10.5 Å². The van der Waals surface area contributed by atoms with E-state index < -0.39 is 5.97 Å². The van der Waals surface area contributed by atoms with Crippen LogP contribution in [0, 0.1) is 5.92 Å². The van der Waals surface area contributed by atoms with Crippen LogP contribution in [0.25, 0.3) is 10.2 Å². The number of aryl methyl sites for hydroxylation is 1. The minimum Gasteiger partial charge on any atom is -0.465 e. The molecule has 0 spiro atoms. The molecule has 1 unspecified atom stereocenters. The zero-order valence-corrected chi connectivity index (χ0v) is 18.0. The van der Waals surface area contributed by atoms with Crippen LogP contribution in [0.4, 0.5) is 5.69 Å². The highest BCUT2D eigenvalue weighted by atomic mass is 32.1. The lowest BCUT2D eigenvalue weighted by atomic mass is 9.89. The van der Waals surface area contributed by atoms with E-state index in [0.29, 0.717) is 17.0 Å². The zero-order valence-electron chi connectivity index (χ0n) is 17.2. The molecule has 30 heavy (non-hydrogen) atoms. The van der Waals surface area contributed by atoms with Crippen molar-refractivity contribution in [3.63, 3.8) is 0 Å². The standard InChI is InChI=1S/C22H23N3O4S/c1-13-8-9-15-17(10-13)30-20-19(15)21(27)25(12-23-20)11-18(26)24(2)16-7-5-4-6-14(16)22(28)29-3/h4-7,12-13H,8-11H2,1-3H3. The van der Waals surface area contributed by atoms with Crippen LogP contribution in [0.1, 0.15) is 34.1 Å². The molecule has 0 saturated carbocycles. The molecular weight excluding hydrogens is 402 g/mol. The molecule has 0 radical (unpaired) electrons. The monoisotopic (exact) mass is 425 g/mol. The quantitative estimate of drug-likeness (QED) is 0.600. The van der Waals surface area contributed by atoms with E-state index >= 15 is 0 Å². The summed E-state index contributed by atoms with van der Waals surface area (Å²) in [5.74, 6) is -0.241. The van der Waals surface area contributed by atoms with Gasteiger partial charge in [0.15, 0.2) is 0 Å². The van der Waals surface area contributed by atoms with Crippen molar-refractivity contribution in [2.24, 2.45) is 5.92 Å². The van der Waals surface area contributed by atoms with Crippen molar-refractivity contribution in [1.29, 1.82) is 0 Å². The number of benzene rings is 1. The van der Waals surface area contributed by atoms with Gasteiger partial charge >= 0.3 is 5.97 Å². The van der Waals surface area contributed by atoms with Crippen LogP contribution in [0.15, 0.2) is 35.4 Å². The van der Waals surface area contributed by atoms with Crippen molar-refractivity contribution in [3.8, 4) is 0 Å². The van der Waals surface area contributed by atoms with E-state index in [1.54, 1.807) is 42.6 Å². The fourth-order valence-electron chi connectivity index (χ4n) is 3.91. The van der Waals surface area contributed by atoms with Crippen LogP contribution in [0.5, 0.6) is 0 Å². The number of ether oxygens (including phenoxy) is 1. The first kappa shape index (κ1) is 20.3. The number of nitrogens with zero attached hydrogens (tertiary/aromatic N) is 3. The second-order valence-corrected chi connectivity index (χ2v) is 8.75. The van der Waals surface area contributed by atoms with Gasteiger partial charge in [-0.25, -0.2) is 9.78 Å². The smallest absolute Gasteiger partial charge is 0.339 e. The Bertz CT molecular complexity index is 1200. The van der Waals surface area contributed by atoms with Gasteiger partial charge in [-0.3, -0.25) is 14.2 Å². The molecular formula is C22H23N3O4S. The number of esters is 1. The molecule has 1 aliphatic carbocycles. The fourth-order valence-corrected chi connectivity index (χ4v) is 5.25. The molecule has 0 saturated heterocycles. The number of carbonyl (C=O) groups is 2. The van der Waals surface area contributed by atoms with Gasteiger partial charge in [0.1, 0.15) is 11.4 Å². The maximum Gasteiger partial charge on any atom is 0.339 e. The van der Waals surface area contributed by atoms with Crippen LogP contribution in [-0.2, 0) is 28.9 Å². The van der Waals surface area contributed by atoms with Crippen molar-refractivity contribution in [3.05, 3.63) is 57.0 Å². The predicted molar refractivity (Wildman–Crippen MR) is 116 cm³/mol. The molecule has 4 rings (SSSR count). The van der Waals surface area contributed by atoms with Gasteiger partial charge in [0.2, 0.25) is 5.91 Å². The highest BCUT2D eigenvalue weighted by Crippen LogP contribution is 2.35. The molecule has 0 bridgehead atoms. The van der Waals surface area contributed by atoms with E-state index in [0.717, 1.165) is 29.7 Å². The van der Waals surface area contributed by atoms with Gasteiger partial charge in [-0.2, -0.15) is 0 Å². The molecule has 2 heterocycles. The number of methoxy groups -OCH3 is 1. The summed E-state index contributed by atoms with van der Waals surface area (Å²) >= 11 is 1.58. The lowest BCUT2D eigenvalue weighted by Gasteiger charge is -2.20. The highest BCUT2D eigenvalue weighted by Gasteiger charge is 2.24. The number of likely N-dealkylation sites (N-methyl/N-ethyl adjacent to an activating group) is 1. The van der Waals surface area contributed by atoms with Gasteiger partial charge in [0, 0.05) is 11.9 Å². The maximum atomic E-state index is 13.1. The van der Waals surface area contributed by atoms with E-state index in [2.05, 4.69) is 11.9 Å². The predicted octanol–water partition coefficient (Wildman–Crippen LogP) is 3.03.